The van der Waals surface area contributed by atoms with Gasteiger partial charge in [0.25, 0.3) is 11.8 Å². The highest BCUT2D eigenvalue weighted by molar-refractivity contribution is 7.17. The zero-order valence-corrected chi connectivity index (χ0v) is 16.6. The van der Waals surface area contributed by atoms with Crippen LogP contribution in [0.2, 0.25) is 0 Å². The van der Waals surface area contributed by atoms with Crippen molar-refractivity contribution in [3.8, 4) is 11.5 Å². The third-order valence-electron chi connectivity index (χ3n) is 5.07. The Labute approximate surface area is 162 Å². The van der Waals surface area contributed by atoms with Crippen LogP contribution >= 0.6 is 11.3 Å². The molecule has 3 N–H and O–H groups in total. The van der Waals surface area contributed by atoms with E-state index in [1.165, 1.54) is 25.6 Å². The van der Waals surface area contributed by atoms with Crippen LogP contribution in [-0.2, 0) is 12.8 Å². The van der Waals surface area contributed by atoms with Gasteiger partial charge in [0.05, 0.1) is 19.8 Å². The Balaban J connectivity index is 1.98. The summed E-state index contributed by atoms with van der Waals surface area (Å²) in [5.41, 5.74) is 7.35. The first kappa shape index (κ1) is 19.2. The zero-order chi connectivity index (χ0) is 19.6. The predicted molar refractivity (Wildman–Crippen MR) is 106 cm³/mol. The van der Waals surface area contributed by atoms with E-state index >= 15 is 0 Å². The molecule has 0 unspecified atom stereocenters. The highest BCUT2D eigenvalue weighted by atomic mass is 32.1. The minimum atomic E-state index is -0.509. The minimum Gasteiger partial charge on any atom is -0.496 e. The minimum absolute atomic E-state index is 0.288. The number of fused-ring (bicyclic) bond motifs is 1. The van der Waals surface area contributed by atoms with Crippen molar-refractivity contribution in [3.05, 3.63) is 39.8 Å². The Bertz CT molecular complexity index is 853. The summed E-state index contributed by atoms with van der Waals surface area (Å²) in [5, 5.41) is 3.37. The highest BCUT2D eigenvalue weighted by Gasteiger charge is 2.29. The molecule has 7 heteroatoms. The number of carbonyl (C=O) groups is 2. The molecule has 2 amide bonds. The van der Waals surface area contributed by atoms with Crippen LogP contribution in [0.1, 0.15) is 50.9 Å². The molecule has 0 saturated heterocycles. The highest BCUT2D eigenvalue weighted by Crippen LogP contribution is 2.41. The second kappa shape index (κ2) is 8.00. The Morgan fingerprint density at radius 2 is 1.89 bits per heavy atom. The number of nitrogens with two attached hydrogens (primary N) is 1. The molecule has 0 fully saturated rings. The molecule has 0 aliphatic heterocycles. The molecular formula is C20H24N2O4S. The molecule has 1 aliphatic rings. The molecule has 0 radical (unpaired) electrons. The number of carbonyl (C=O) groups excluding carboxylic acids is 2. The molecular weight excluding hydrogens is 364 g/mol. The van der Waals surface area contributed by atoms with E-state index in [0.717, 1.165) is 36.1 Å². The van der Waals surface area contributed by atoms with Gasteiger partial charge < -0.3 is 20.5 Å². The van der Waals surface area contributed by atoms with E-state index in [-0.39, 0.29) is 5.56 Å². The van der Waals surface area contributed by atoms with Crippen molar-refractivity contribution in [3.63, 3.8) is 0 Å². The summed E-state index contributed by atoms with van der Waals surface area (Å²) in [4.78, 5) is 26.2. The molecule has 3 rings (SSSR count). The van der Waals surface area contributed by atoms with E-state index in [2.05, 4.69) is 12.2 Å². The Morgan fingerprint density at radius 1 is 1.22 bits per heavy atom. The van der Waals surface area contributed by atoms with Crippen LogP contribution in [0, 0.1) is 5.92 Å². The summed E-state index contributed by atoms with van der Waals surface area (Å²) in [5.74, 6) is 0.511. The third-order valence-corrected chi connectivity index (χ3v) is 6.24. The number of amides is 2. The standard InChI is InChI=1S/C20H24N2O4S/c1-4-11-8-9-12-15(10-11)27-20(16(12)18(21)23)22-19(24)17-13(25-2)6-5-7-14(17)26-3/h5-7,11H,4,8-10H2,1-3H3,(H2,21,23)(H,22,24)/t11-/m0/s1. The summed E-state index contributed by atoms with van der Waals surface area (Å²) in [7, 11) is 2.99. The number of rotatable bonds is 6. The summed E-state index contributed by atoms with van der Waals surface area (Å²) in [6, 6.07) is 5.13. The average molecular weight is 388 g/mol. The molecule has 1 aliphatic carbocycles. The maximum Gasteiger partial charge on any atom is 0.263 e. The summed E-state index contributed by atoms with van der Waals surface area (Å²) in [6.07, 6.45) is 3.87. The van der Waals surface area contributed by atoms with E-state index in [0.29, 0.717) is 28.0 Å². The van der Waals surface area contributed by atoms with E-state index in [1.807, 2.05) is 0 Å². The van der Waals surface area contributed by atoms with E-state index in [1.54, 1.807) is 18.2 Å². The molecule has 0 spiro atoms. The second-order valence-corrected chi connectivity index (χ2v) is 7.69. The van der Waals surface area contributed by atoms with Crippen LogP contribution in [0.5, 0.6) is 11.5 Å². The fourth-order valence-electron chi connectivity index (χ4n) is 3.59. The predicted octanol–water partition coefficient (Wildman–Crippen LogP) is 3.63. The number of benzene rings is 1. The fourth-order valence-corrected chi connectivity index (χ4v) is 4.95. The first-order valence-electron chi connectivity index (χ1n) is 8.96. The largest absolute Gasteiger partial charge is 0.496 e. The van der Waals surface area contributed by atoms with Crippen LogP contribution in [0.4, 0.5) is 5.00 Å². The fraction of sp³-hybridized carbons (Fsp3) is 0.400. The lowest BCUT2D eigenvalue weighted by molar-refractivity contribution is 0.1000. The Kier molecular flexibility index (Phi) is 5.70. The van der Waals surface area contributed by atoms with Gasteiger partial charge in [0.1, 0.15) is 22.1 Å². The lowest BCUT2D eigenvalue weighted by atomic mass is 9.85. The number of anilines is 1. The van der Waals surface area contributed by atoms with E-state index in [4.69, 9.17) is 15.2 Å². The van der Waals surface area contributed by atoms with Crippen molar-refractivity contribution in [2.24, 2.45) is 11.7 Å². The maximum absolute atomic E-state index is 13.0. The topological polar surface area (TPSA) is 90.7 Å². The summed E-state index contributed by atoms with van der Waals surface area (Å²) in [6.45, 7) is 2.18. The van der Waals surface area contributed by atoms with Crippen molar-refractivity contribution in [2.75, 3.05) is 19.5 Å². The molecule has 6 nitrogen and oxygen atoms in total. The van der Waals surface area contributed by atoms with Gasteiger partial charge in [0.2, 0.25) is 0 Å². The molecule has 2 aromatic rings. The van der Waals surface area contributed by atoms with Crippen molar-refractivity contribution < 1.29 is 19.1 Å². The number of methoxy groups -OCH3 is 2. The first-order chi connectivity index (χ1) is 13.0. The van der Waals surface area contributed by atoms with E-state index < -0.39 is 11.8 Å². The lowest BCUT2D eigenvalue weighted by Crippen LogP contribution is -2.20. The summed E-state index contributed by atoms with van der Waals surface area (Å²) < 4.78 is 10.6. The number of hydrogen-bond acceptors (Lipinski definition) is 5. The Morgan fingerprint density at radius 3 is 2.44 bits per heavy atom. The monoisotopic (exact) mass is 388 g/mol. The molecule has 1 aromatic heterocycles. The number of nitrogens with one attached hydrogen (secondary N) is 1. The molecule has 144 valence electrons. The van der Waals surface area contributed by atoms with Gasteiger partial charge in [-0.25, -0.2) is 0 Å². The molecule has 1 heterocycles. The van der Waals surface area contributed by atoms with Crippen molar-refractivity contribution in [1.82, 2.24) is 0 Å². The van der Waals surface area contributed by atoms with Crippen LogP contribution in [0.3, 0.4) is 0 Å². The Hall–Kier alpha value is -2.54. The van der Waals surface area contributed by atoms with Gasteiger partial charge in [-0.2, -0.15) is 0 Å². The number of hydrogen-bond donors (Lipinski definition) is 2. The molecule has 1 aromatic carbocycles. The quantitative estimate of drug-likeness (QED) is 0.791. The maximum atomic E-state index is 13.0. The van der Waals surface area contributed by atoms with Crippen molar-refractivity contribution >= 4 is 28.2 Å². The van der Waals surface area contributed by atoms with Crippen molar-refractivity contribution in [2.45, 2.75) is 32.6 Å². The zero-order valence-electron chi connectivity index (χ0n) is 15.8. The van der Waals surface area contributed by atoms with Gasteiger partial charge in [-0.05, 0) is 42.9 Å². The van der Waals surface area contributed by atoms with Crippen LogP contribution in [-0.4, -0.2) is 26.0 Å². The van der Waals surface area contributed by atoms with Gasteiger partial charge in [0.15, 0.2) is 0 Å². The van der Waals surface area contributed by atoms with Crippen molar-refractivity contribution in [1.29, 1.82) is 0 Å². The average Bonchev–Trinajstić information content (AvgIpc) is 3.03. The molecule has 0 saturated carbocycles. The van der Waals surface area contributed by atoms with Gasteiger partial charge in [0, 0.05) is 4.88 Å². The molecule has 1 atom stereocenters. The molecule has 0 bridgehead atoms. The smallest absolute Gasteiger partial charge is 0.263 e. The summed E-state index contributed by atoms with van der Waals surface area (Å²) >= 11 is 1.44. The van der Waals surface area contributed by atoms with Crippen LogP contribution < -0.4 is 20.5 Å². The second-order valence-electron chi connectivity index (χ2n) is 6.58. The number of primary amides is 1. The van der Waals surface area contributed by atoms with Gasteiger partial charge in [-0.15, -0.1) is 11.3 Å². The first-order valence-corrected chi connectivity index (χ1v) is 9.78. The van der Waals surface area contributed by atoms with Crippen LogP contribution in [0.25, 0.3) is 0 Å². The number of ether oxygens (including phenoxy) is 2. The van der Waals surface area contributed by atoms with Crippen LogP contribution in [0.15, 0.2) is 18.2 Å². The number of thiophene rings is 1. The SMILES string of the molecule is CC[C@H]1CCc2c(sc(NC(=O)c3c(OC)cccc3OC)c2C(N)=O)C1. The van der Waals surface area contributed by atoms with Gasteiger partial charge in [-0.1, -0.05) is 19.4 Å². The lowest BCUT2D eigenvalue weighted by Gasteiger charge is -2.20. The molecule has 27 heavy (non-hydrogen) atoms. The normalized spacial score (nSPS) is 15.7. The van der Waals surface area contributed by atoms with Gasteiger partial charge in [-0.3, -0.25) is 9.59 Å². The van der Waals surface area contributed by atoms with E-state index in [9.17, 15) is 9.59 Å². The van der Waals surface area contributed by atoms with Gasteiger partial charge >= 0.3 is 0 Å². The third kappa shape index (κ3) is 3.64.